The fourth-order valence-electron chi connectivity index (χ4n) is 1.69. The topological polar surface area (TPSA) is 34.4 Å². The van der Waals surface area contributed by atoms with Gasteiger partial charge in [-0.3, -0.25) is 0 Å². The Hall–Kier alpha value is -0.800. The first-order valence-electron chi connectivity index (χ1n) is 6.23. The quantitative estimate of drug-likeness (QED) is 0.656. The summed E-state index contributed by atoms with van der Waals surface area (Å²) >= 11 is 0. The minimum absolute atomic E-state index is 0.329. The maximum atomic E-state index is 5.45. The van der Waals surface area contributed by atoms with E-state index in [1.165, 1.54) is 0 Å². The van der Waals surface area contributed by atoms with E-state index in [4.69, 9.17) is 9.15 Å². The van der Waals surface area contributed by atoms with Crippen LogP contribution in [0.25, 0.3) is 0 Å². The van der Waals surface area contributed by atoms with Gasteiger partial charge < -0.3 is 14.5 Å². The van der Waals surface area contributed by atoms with E-state index in [-0.39, 0.29) is 0 Å². The Bertz CT molecular complexity index is 246. The Morgan fingerprint density at radius 2 is 2.31 bits per heavy atom. The second kappa shape index (κ2) is 8.36. The van der Waals surface area contributed by atoms with Gasteiger partial charge in [0.25, 0.3) is 0 Å². The molecular formula is C13H23NO2. The van der Waals surface area contributed by atoms with Gasteiger partial charge in [0.05, 0.1) is 12.3 Å². The molecule has 0 saturated carbocycles. The number of nitrogens with one attached hydrogen (secondary N) is 1. The van der Waals surface area contributed by atoms with Gasteiger partial charge in [-0.1, -0.05) is 6.92 Å². The minimum Gasteiger partial charge on any atom is -0.468 e. The fourth-order valence-corrected chi connectivity index (χ4v) is 1.69. The zero-order valence-corrected chi connectivity index (χ0v) is 10.4. The zero-order valence-electron chi connectivity index (χ0n) is 10.4. The molecule has 1 rings (SSSR count). The minimum atomic E-state index is 0.329. The van der Waals surface area contributed by atoms with E-state index in [1.807, 2.05) is 19.1 Å². The molecule has 0 aliphatic carbocycles. The van der Waals surface area contributed by atoms with E-state index >= 15 is 0 Å². The average Bonchev–Trinajstić information content (AvgIpc) is 2.82. The lowest BCUT2D eigenvalue weighted by atomic mass is 10.1. The van der Waals surface area contributed by atoms with Crippen LogP contribution in [-0.2, 0) is 4.74 Å². The number of furan rings is 1. The van der Waals surface area contributed by atoms with Gasteiger partial charge in [0.15, 0.2) is 0 Å². The van der Waals surface area contributed by atoms with Gasteiger partial charge in [-0.2, -0.15) is 0 Å². The molecule has 92 valence electrons. The van der Waals surface area contributed by atoms with E-state index < -0.39 is 0 Å². The first kappa shape index (κ1) is 13.3. The molecule has 1 N–H and O–H groups in total. The second-order valence-electron chi connectivity index (χ2n) is 3.86. The van der Waals surface area contributed by atoms with E-state index in [9.17, 15) is 0 Å². The van der Waals surface area contributed by atoms with Crippen LogP contribution in [0.1, 0.15) is 44.9 Å². The highest BCUT2D eigenvalue weighted by atomic mass is 16.5. The maximum absolute atomic E-state index is 5.45. The van der Waals surface area contributed by atoms with Crippen molar-refractivity contribution >= 4 is 0 Å². The van der Waals surface area contributed by atoms with Gasteiger partial charge in [-0.15, -0.1) is 0 Å². The fraction of sp³-hybridized carbons (Fsp3) is 0.692. The molecule has 0 aromatic carbocycles. The predicted octanol–water partition coefficient (Wildman–Crippen LogP) is 3.14. The molecule has 0 bridgehead atoms. The van der Waals surface area contributed by atoms with E-state index in [2.05, 4.69) is 12.2 Å². The molecule has 1 atom stereocenters. The standard InChI is InChI=1S/C13H23NO2/c1-3-9-14-12(7-5-10-15-4-2)13-8-6-11-16-13/h6,8,11-12,14H,3-5,7,9-10H2,1-2H3. The number of rotatable bonds is 9. The molecule has 0 amide bonds. The molecule has 16 heavy (non-hydrogen) atoms. The number of hydrogen-bond donors (Lipinski definition) is 1. The Morgan fingerprint density at radius 3 is 2.94 bits per heavy atom. The average molecular weight is 225 g/mol. The Balaban J connectivity index is 2.32. The van der Waals surface area contributed by atoms with Crippen LogP contribution in [0.2, 0.25) is 0 Å². The third-order valence-electron chi connectivity index (χ3n) is 2.51. The monoisotopic (exact) mass is 225 g/mol. The van der Waals surface area contributed by atoms with Crippen LogP contribution in [-0.4, -0.2) is 19.8 Å². The van der Waals surface area contributed by atoms with E-state index in [0.717, 1.165) is 44.8 Å². The molecule has 1 heterocycles. The molecule has 0 aliphatic rings. The molecule has 1 aromatic rings. The van der Waals surface area contributed by atoms with Gasteiger partial charge in [0.2, 0.25) is 0 Å². The van der Waals surface area contributed by atoms with Crippen molar-refractivity contribution in [1.29, 1.82) is 0 Å². The summed E-state index contributed by atoms with van der Waals surface area (Å²) < 4.78 is 10.8. The molecule has 0 spiro atoms. The summed E-state index contributed by atoms with van der Waals surface area (Å²) in [7, 11) is 0. The summed E-state index contributed by atoms with van der Waals surface area (Å²) in [5.41, 5.74) is 0. The van der Waals surface area contributed by atoms with Gasteiger partial charge in [0.1, 0.15) is 5.76 Å². The second-order valence-corrected chi connectivity index (χ2v) is 3.86. The van der Waals surface area contributed by atoms with Crippen LogP contribution in [0.3, 0.4) is 0 Å². The number of hydrogen-bond acceptors (Lipinski definition) is 3. The Labute approximate surface area is 98.2 Å². The van der Waals surface area contributed by atoms with Gasteiger partial charge in [-0.25, -0.2) is 0 Å². The SMILES string of the molecule is CCCNC(CCCOCC)c1ccco1. The van der Waals surface area contributed by atoms with Crippen molar-refractivity contribution in [2.24, 2.45) is 0 Å². The first-order chi connectivity index (χ1) is 7.88. The highest BCUT2D eigenvalue weighted by molar-refractivity contribution is 5.04. The molecule has 0 aliphatic heterocycles. The summed E-state index contributed by atoms with van der Waals surface area (Å²) in [5, 5.41) is 3.50. The van der Waals surface area contributed by atoms with Gasteiger partial charge in [-0.05, 0) is 44.9 Å². The van der Waals surface area contributed by atoms with Crippen molar-refractivity contribution in [3.63, 3.8) is 0 Å². The summed E-state index contributed by atoms with van der Waals surface area (Å²) in [6.45, 7) is 6.86. The van der Waals surface area contributed by atoms with Crippen LogP contribution in [0.5, 0.6) is 0 Å². The maximum Gasteiger partial charge on any atom is 0.120 e. The lowest BCUT2D eigenvalue weighted by Gasteiger charge is -2.15. The largest absolute Gasteiger partial charge is 0.468 e. The van der Waals surface area contributed by atoms with Crippen molar-refractivity contribution in [2.45, 2.75) is 39.2 Å². The van der Waals surface area contributed by atoms with E-state index in [1.54, 1.807) is 6.26 Å². The summed E-state index contributed by atoms with van der Waals surface area (Å²) in [6, 6.07) is 4.31. The summed E-state index contributed by atoms with van der Waals surface area (Å²) in [6.07, 6.45) is 5.00. The lowest BCUT2D eigenvalue weighted by Crippen LogP contribution is -2.22. The zero-order chi connectivity index (χ0) is 11.6. The highest BCUT2D eigenvalue weighted by Gasteiger charge is 2.12. The van der Waals surface area contributed by atoms with Crippen molar-refractivity contribution in [1.82, 2.24) is 5.32 Å². The predicted molar refractivity (Wildman–Crippen MR) is 65.5 cm³/mol. The van der Waals surface area contributed by atoms with E-state index in [0.29, 0.717) is 6.04 Å². The third-order valence-corrected chi connectivity index (χ3v) is 2.51. The van der Waals surface area contributed by atoms with Crippen molar-refractivity contribution in [3.05, 3.63) is 24.2 Å². The van der Waals surface area contributed by atoms with Crippen molar-refractivity contribution in [3.8, 4) is 0 Å². The lowest BCUT2D eigenvalue weighted by molar-refractivity contribution is 0.140. The Morgan fingerprint density at radius 1 is 1.44 bits per heavy atom. The molecule has 1 aromatic heterocycles. The molecule has 0 fully saturated rings. The number of ether oxygens (including phenoxy) is 1. The summed E-state index contributed by atoms with van der Waals surface area (Å²) in [4.78, 5) is 0. The first-order valence-corrected chi connectivity index (χ1v) is 6.23. The van der Waals surface area contributed by atoms with Crippen molar-refractivity contribution < 1.29 is 9.15 Å². The van der Waals surface area contributed by atoms with Crippen LogP contribution in [0.15, 0.2) is 22.8 Å². The third kappa shape index (κ3) is 4.81. The van der Waals surface area contributed by atoms with Crippen molar-refractivity contribution in [2.75, 3.05) is 19.8 Å². The molecule has 0 radical (unpaired) electrons. The molecular weight excluding hydrogens is 202 g/mol. The Kier molecular flexibility index (Phi) is 6.93. The van der Waals surface area contributed by atoms with Gasteiger partial charge in [0, 0.05) is 13.2 Å². The molecule has 0 saturated heterocycles. The molecule has 1 unspecified atom stereocenters. The molecule has 3 nitrogen and oxygen atoms in total. The smallest absolute Gasteiger partial charge is 0.120 e. The van der Waals surface area contributed by atoms with Crippen LogP contribution >= 0.6 is 0 Å². The summed E-state index contributed by atoms with van der Waals surface area (Å²) in [5.74, 6) is 1.03. The van der Waals surface area contributed by atoms with Crippen LogP contribution in [0, 0.1) is 0 Å². The van der Waals surface area contributed by atoms with Gasteiger partial charge >= 0.3 is 0 Å². The highest BCUT2D eigenvalue weighted by Crippen LogP contribution is 2.18. The normalized spacial score (nSPS) is 12.9. The van der Waals surface area contributed by atoms with Crippen LogP contribution < -0.4 is 5.32 Å². The molecule has 3 heteroatoms. The van der Waals surface area contributed by atoms with Crippen LogP contribution in [0.4, 0.5) is 0 Å².